The summed E-state index contributed by atoms with van der Waals surface area (Å²) in [5.74, 6) is -2.57. The Kier molecular flexibility index (Phi) is 6.31. The van der Waals surface area contributed by atoms with Gasteiger partial charge in [0.2, 0.25) is 17.7 Å². The van der Waals surface area contributed by atoms with E-state index in [-0.39, 0.29) is 18.4 Å². The van der Waals surface area contributed by atoms with Crippen LogP contribution in [0.2, 0.25) is 5.02 Å². The van der Waals surface area contributed by atoms with Gasteiger partial charge in [0.15, 0.2) is 0 Å². The van der Waals surface area contributed by atoms with Crippen LogP contribution >= 0.6 is 11.6 Å². The summed E-state index contributed by atoms with van der Waals surface area (Å²) in [6, 6.07) is 14.5. The average Bonchev–Trinajstić information content (AvgIpc) is 3.45. The Hall–Kier alpha value is -2.94. The van der Waals surface area contributed by atoms with Crippen molar-refractivity contribution in [2.45, 2.75) is 49.5 Å². The van der Waals surface area contributed by atoms with Gasteiger partial charge in [0.05, 0.1) is 30.1 Å². The number of rotatable bonds is 7. The average molecular weight is 512 g/mol. The first-order chi connectivity index (χ1) is 17.2. The molecule has 0 saturated carbocycles. The fourth-order valence-electron chi connectivity index (χ4n) is 6.49. The maximum absolute atomic E-state index is 14.1. The van der Waals surface area contributed by atoms with Gasteiger partial charge in [-0.15, -0.1) is 0 Å². The minimum Gasteiger partial charge on any atom is -0.394 e. The topological polar surface area (TPSA) is 108 Å². The lowest BCUT2D eigenvalue weighted by molar-refractivity contribution is -0.147. The van der Waals surface area contributed by atoms with Crippen LogP contribution in [0.1, 0.15) is 25.3 Å². The summed E-state index contributed by atoms with van der Waals surface area (Å²) in [4.78, 5) is 42.5. The molecule has 3 aliphatic heterocycles. The molecule has 2 aromatic carbocycles. The van der Waals surface area contributed by atoms with E-state index in [1.807, 2.05) is 37.3 Å². The third-order valence-corrected chi connectivity index (χ3v) is 8.27. The number of ether oxygens (including phenoxy) is 1. The molecule has 9 heteroatoms. The standard InChI is InChI=1S/C27H30ClN3O5/c1-26-12-13-27(36-26)21(20(26)23(33)29-2)25(35)31(19(15-32)14-16-6-4-3-5-7-16)22(27)24(34)30-18-10-8-17(28)9-11-18/h3-11,19-22,32H,12-15H2,1-2H3,(H,29,33)(H,30,34)/t19-,20+,21+,22?,26-,27?/m1/s1. The lowest BCUT2D eigenvalue weighted by atomic mass is 9.66. The number of likely N-dealkylation sites (tertiary alicyclic amines) is 1. The number of fused-ring (bicyclic) bond motifs is 1. The Balaban J connectivity index is 1.56. The second kappa shape index (κ2) is 9.18. The molecular formula is C27H30ClN3O5. The molecule has 3 amide bonds. The molecule has 3 fully saturated rings. The number of halogens is 1. The Bertz CT molecular complexity index is 1180. The van der Waals surface area contributed by atoms with Crippen LogP contribution < -0.4 is 10.6 Å². The van der Waals surface area contributed by atoms with Crippen LogP contribution in [0, 0.1) is 11.8 Å². The predicted molar refractivity (Wildman–Crippen MR) is 134 cm³/mol. The van der Waals surface area contributed by atoms with E-state index < -0.39 is 41.0 Å². The summed E-state index contributed by atoms with van der Waals surface area (Å²) in [5.41, 5.74) is -0.555. The molecule has 2 unspecified atom stereocenters. The first-order valence-corrected chi connectivity index (χ1v) is 12.6. The third kappa shape index (κ3) is 3.79. The Labute approximate surface area is 215 Å². The highest BCUT2D eigenvalue weighted by Crippen LogP contribution is 2.63. The number of aliphatic hydroxyl groups excluding tert-OH is 1. The molecule has 8 nitrogen and oxygen atoms in total. The molecule has 3 heterocycles. The molecule has 5 rings (SSSR count). The van der Waals surface area contributed by atoms with E-state index in [2.05, 4.69) is 10.6 Å². The van der Waals surface area contributed by atoms with Crippen LogP contribution in [-0.2, 0) is 25.5 Å². The molecule has 3 aliphatic rings. The zero-order valence-electron chi connectivity index (χ0n) is 20.2. The minimum atomic E-state index is -1.16. The quantitative estimate of drug-likeness (QED) is 0.529. The number of carbonyl (C=O) groups is 3. The normalized spacial score (nSPS) is 31.3. The zero-order valence-corrected chi connectivity index (χ0v) is 21.0. The second-order valence-electron chi connectivity index (χ2n) is 10.1. The van der Waals surface area contributed by atoms with Crippen molar-refractivity contribution in [3.8, 4) is 0 Å². The summed E-state index contributed by atoms with van der Waals surface area (Å²) in [7, 11) is 1.54. The molecule has 2 bridgehead atoms. The van der Waals surface area contributed by atoms with Gasteiger partial charge >= 0.3 is 0 Å². The molecular weight excluding hydrogens is 482 g/mol. The number of benzene rings is 2. The summed E-state index contributed by atoms with van der Waals surface area (Å²) < 4.78 is 6.56. The summed E-state index contributed by atoms with van der Waals surface area (Å²) in [5, 5.41) is 16.6. The monoisotopic (exact) mass is 511 g/mol. The van der Waals surface area contributed by atoms with Crippen molar-refractivity contribution in [2.24, 2.45) is 11.8 Å². The van der Waals surface area contributed by atoms with Crippen molar-refractivity contribution in [1.82, 2.24) is 10.2 Å². The van der Waals surface area contributed by atoms with Crippen LogP contribution in [0.15, 0.2) is 54.6 Å². The Morgan fingerprint density at radius 1 is 1.14 bits per heavy atom. The molecule has 1 spiro atoms. The first-order valence-electron chi connectivity index (χ1n) is 12.2. The van der Waals surface area contributed by atoms with Crippen molar-refractivity contribution in [3.63, 3.8) is 0 Å². The molecule has 0 aromatic heterocycles. The number of carbonyl (C=O) groups excluding carboxylic acids is 3. The number of hydrogen-bond acceptors (Lipinski definition) is 5. The van der Waals surface area contributed by atoms with Crippen molar-refractivity contribution in [3.05, 3.63) is 65.2 Å². The van der Waals surface area contributed by atoms with Crippen molar-refractivity contribution < 1.29 is 24.2 Å². The summed E-state index contributed by atoms with van der Waals surface area (Å²) in [6.45, 7) is 1.51. The van der Waals surface area contributed by atoms with Crippen molar-refractivity contribution in [2.75, 3.05) is 19.0 Å². The van der Waals surface area contributed by atoms with Gasteiger partial charge in [0.25, 0.3) is 0 Å². The van der Waals surface area contributed by atoms with Gasteiger partial charge in [-0.3, -0.25) is 14.4 Å². The first kappa shape index (κ1) is 24.7. The Morgan fingerprint density at radius 3 is 2.47 bits per heavy atom. The van der Waals surface area contributed by atoms with E-state index in [4.69, 9.17) is 16.3 Å². The van der Waals surface area contributed by atoms with Crippen LogP contribution in [-0.4, -0.2) is 64.7 Å². The third-order valence-electron chi connectivity index (χ3n) is 8.02. The molecule has 6 atom stereocenters. The number of hydrogen-bond donors (Lipinski definition) is 3. The van der Waals surface area contributed by atoms with Crippen molar-refractivity contribution in [1.29, 1.82) is 0 Å². The number of nitrogens with one attached hydrogen (secondary N) is 2. The molecule has 0 radical (unpaired) electrons. The van der Waals surface area contributed by atoms with Gasteiger partial charge in [-0.2, -0.15) is 0 Å². The second-order valence-corrected chi connectivity index (χ2v) is 10.5. The highest BCUT2D eigenvalue weighted by atomic mass is 35.5. The highest BCUT2D eigenvalue weighted by molar-refractivity contribution is 6.30. The van der Waals surface area contributed by atoms with Gasteiger partial charge in [0.1, 0.15) is 11.6 Å². The largest absolute Gasteiger partial charge is 0.394 e. The van der Waals surface area contributed by atoms with Crippen LogP contribution in [0.3, 0.4) is 0 Å². The maximum atomic E-state index is 14.1. The van der Waals surface area contributed by atoms with Gasteiger partial charge in [-0.1, -0.05) is 41.9 Å². The smallest absolute Gasteiger partial charge is 0.250 e. The number of anilines is 1. The molecule has 190 valence electrons. The van der Waals surface area contributed by atoms with E-state index in [0.29, 0.717) is 30.0 Å². The molecule has 2 aromatic rings. The predicted octanol–water partition coefficient (Wildman–Crippen LogP) is 2.39. The fraction of sp³-hybridized carbons (Fsp3) is 0.444. The number of nitrogens with zero attached hydrogens (tertiary/aromatic N) is 1. The minimum absolute atomic E-state index is 0.278. The summed E-state index contributed by atoms with van der Waals surface area (Å²) >= 11 is 6.00. The molecule has 3 saturated heterocycles. The van der Waals surface area contributed by atoms with E-state index in [1.54, 1.807) is 24.3 Å². The molecule has 3 N–H and O–H groups in total. The van der Waals surface area contributed by atoms with Crippen LogP contribution in [0.5, 0.6) is 0 Å². The van der Waals surface area contributed by atoms with E-state index >= 15 is 0 Å². The van der Waals surface area contributed by atoms with E-state index in [1.165, 1.54) is 11.9 Å². The van der Waals surface area contributed by atoms with Crippen LogP contribution in [0.4, 0.5) is 5.69 Å². The maximum Gasteiger partial charge on any atom is 0.250 e. The SMILES string of the molecule is CNC(=O)[C@@H]1[C@H]2C(=O)N([C@@H](CO)Cc3ccccc3)C(C(=O)Nc3ccc(Cl)cc3)C23CC[C@@]1(C)O3. The fourth-order valence-corrected chi connectivity index (χ4v) is 6.62. The van der Waals surface area contributed by atoms with Crippen LogP contribution in [0.25, 0.3) is 0 Å². The van der Waals surface area contributed by atoms with E-state index in [9.17, 15) is 19.5 Å². The Morgan fingerprint density at radius 2 is 1.83 bits per heavy atom. The molecule has 36 heavy (non-hydrogen) atoms. The number of amides is 3. The van der Waals surface area contributed by atoms with Gasteiger partial charge in [0, 0.05) is 17.8 Å². The summed E-state index contributed by atoms with van der Waals surface area (Å²) in [6.07, 6.45) is 1.38. The van der Waals surface area contributed by atoms with Gasteiger partial charge in [-0.25, -0.2) is 0 Å². The zero-order chi connectivity index (χ0) is 25.7. The lowest BCUT2D eigenvalue weighted by Gasteiger charge is -2.37. The lowest BCUT2D eigenvalue weighted by Crippen LogP contribution is -2.57. The number of aliphatic hydroxyl groups is 1. The van der Waals surface area contributed by atoms with Gasteiger partial charge < -0.3 is 25.4 Å². The van der Waals surface area contributed by atoms with E-state index in [0.717, 1.165) is 5.56 Å². The van der Waals surface area contributed by atoms with Crippen molar-refractivity contribution >= 4 is 35.0 Å². The highest BCUT2D eigenvalue weighted by Gasteiger charge is 2.78. The van der Waals surface area contributed by atoms with Gasteiger partial charge in [-0.05, 0) is 56.0 Å². The molecule has 0 aliphatic carbocycles.